The molecule has 0 aliphatic heterocycles. The number of benzene rings is 2. The van der Waals surface area contributed by atoms with E-state index >= 15 is 0 Å². The van der Waals surface area contributed by atoms with Gasteiger partial charge in [0.2, 0.25) is 0 Å². The van der Waals surface area contributed by atoms with Crippen LogP contribution in [0.15, 0.2) is 48.5 Å². The number of aryl methyl sites for hydroxylation is 1. The first kappa shape index (κ1) is 11.5. The van der Waals surface area contributed by atoms with Gasteiger partial charge >= 0.3 is 0 Å². The fourth-order valence-electron chi connectivity index (χ4n) is 2.62. The standard InChI is InChI=1S/C16H13ClO/c17-13-8-6-12-7-9-14(16(18)15(12)10-13)11-4-2-1-3-5-11/h1-6,8,10,14H,7,9H2/t14-/m0/s1. The normalized spacial score (nSPS) is 18.5. The molecule has 0 aromatic heterocycles. The van der Waals surface area contributed by atoms with Crippen LogP contribution in [0.5, 0.6) is 0 Å². The van der Waals surface area contributed by atoms with Crippen molar-refractivity contribution in [1.82, 2.24) is 0 Å². The Hall–Kier alpha value is -1.60. The molecule has 0 saturated heterocycles. The van der Waals surface area contributed by atoms with E-state index in [1.807, 2.05) is 42.5 Å². The number of hydrogen-bond acceptors (Lipinski definition) is 1. The average molecular weight is 257 g/mol. The molecular formula is C16H13ClO. The Morgan fingerprint density at radius 3 is 2.61 bits per heavy atom. The second-order valence-corrected chi connectivity index (χ2v) is 5.10. The Labute approximate surface area is 111 Å². The summed E-state index contributed by atoms with van der Waals surface area (Å²) in [5.41, 5.74) is 3.02. The van der Waals surface area contributed by atoms with Crippen LogP contribution in [-0.2, 0) is 6.42 Å². The highest BCUT2D eigenvalue weighted by Crippen LogP contribution is 2.33. The van der Waals surface area contributed by atoms with Gasteiger partial charge in [0.1, 0.15) is 0 Å². The van der Waals surface area contributed by atoms with Crippen LogP contribution in [0.3, 0.4) is 0 Å². The molecule has 3 rings (SSSR count). The lowest BCUT2D eigenvalue weighted by atomic mass is 9.79. The van der Waals surface area contributed by atoms with E-state index in [1.54, 1.807) is 6.07 Å². The van der Waals surface area contributed by atoms with Crippen molar-refractivity contribution in [2.24, 2.45) is 0 Å². The van der Waals surface area contributed by atoms with Gasteiger partial charge in [-0.2, -0.15) is 0 Å². The van der Waals surface area contributed by atoms with Crippen LogP contribution in [0.1, 0.15) is 33.8 Å². The summed E-state index contributed by atoms with van der Waals surface area (Å²) in [4.78, 5) is 12.5. The number of fused-ring (bicyclic) bond motifs is 1. The van der Waals surface area contributed by atoms with Gasteiger partial charge in [-0.05, 0) is 36.1 Å². The van der Waals surface area contributed by atoms with E-state index in [4.69, 9.17) is 11.6 Å². The minimum absolute atomic E-state index is 0.0165. The van der Waals surface area contributed by atoms with Crippen LogP contribution in [0.4, 0.5) is 0 Å². The third-order valence-corrected chi connectivity index (χ3v) is 3.79. The fourth-order valence-corrected chi connectivity index (χ4v) is 2.79. The molecule has 0 radical (unpaired) electrons. The second kappa shape index (κ2) is 4.58. The van der Waals surface area contributed by atoms with Crippen LogP contribution in [0.2, 0.25) is 5.02 Å². The van der Waals surface area contributed by atoms with Crippen molar-refractivity contribution < 1.29 is 4.79 Å². The van der Waals surface area contributed by atoms with Crippen molar-refractivity contribution in [2.45, 2.75) is 18.8 Å². The lowest BCUT2D eigenvalue weighted by molar-refractivity contribution is 0.0946. The summed E-state index contributed by atoms with van der Waals surface area (Å²) in [5.74, 6) is 0.183. The minimum Gasteiger partial charge on any atom is -0.293 e. The summed E-state index contributed by atoms with van der Waals surface area (Å²) >= 11 is 5.98. The lowest BCUT2D eigenvalue weighted by Gasteiger charge is -2.23. The summed E-state index contributed by atoms with van der Waals surface area (Å²) in [6.45, 7) is 0. The molecule has 0 bridgehead atoms. The van der Waals surface area contributed by atoms with Crippen LogP contribution < -0.4 is 0 Å². The van der Waals surface area contributed by atoms with Gasteiger partial charge in [0.05, 0.1) is 0 Å². The number of hydrogen-bond donors (Lipinski definition) is 0. The summed E-state index contributed by atoms with van der Waals surface area (Å²) in [6, 6.07) is 15.6. The zero-order chi connectivity index (χ0) is 12.5. The molecule has 2 aromatic rings. The molecule has 0 heterocycles. The monoisotopic (exact) mass is 256 g/mol. The molecule has 0 fully saturated rings. The SMILES string of the molecule is O=C1c2cc(Cl)ccc2CC[C@H]1c1ccccc1. The molecule has 0 saturated carbocycles. The number of ketones is 1. The molecule has 90 valence electrons. The van der Waals surface area contributed by atoms with E-state index in [0.29, 0.717) is 5.02 Å². The van der Waals surface area contributed by atoms with Crippen LogP contribution in [0, 0.1) is 0 Å². The Bertz CT molecular complexity index is 589. The molecule has 0 amide bonds. The molecule has 1 aliphatic rings. The molecule has 2 heteroatoms. The predicted octanol–water partition coefficient (Wildman–Crippen LogP) is 4.25. The second-order valence-electron chi connectivity index (χ2n) is 4.67. The third-order valence-electron chi connectivity index (χ3n) is 3.56. The largest absolute Gasteiger partial charge is 0.293 e. The first-order valence-corrected chi connectivity index (χ1v) is 6.51. The number of rotatable bonds is 1. The first-order chi connectivity index (χ1) is 8.75. The molecule has 0 N–H and O–H groups in total. The van der Waals surface area contributed by atoms with Gasteiger partial charge in [0.25, 0.3) is 0 Å². The Morgan fingerprint density at radius 2 is 1.83 bits per heavy atom. The van der Waals surface area contributed by atoms with Crippen LogP contribution >= 0.6 is 11.6 Å². The average Bonchev–Trinajstić information content (AvgIpc) is 2.41. The molecule has 18 heavy (non-hydrogen) atoms. The van der Waals surface area contributed by atoms with Gasteiger partial charge in [0, 0.05) is 16.5 Å². The van der Waals surface area contributed by atoms with Gasteiger partial charge in [-0.1, -0.05) is 48.0 Å². The van der Waals surface area contributed by atoms with E-state index in [-0.39, 0.29) is 11.7 Å². The number of carbonyl (C=O) groups is 1. The van der Waals surface area contributed by atoms with E-state index < -0.39 is 0 Å². The van der Waals surface area contributed by atoms with E-state index in [1.165, 1.54) is 0 Å². The van der Waals surface area contributed by atoms with Gasteiger partial charge in [-0.3, -0.25) is 4.79 Å². The maximum Gasteiger partial charge on any atom is 0.170 e. The van der Waals surface area contributed by atoms with Crippen molar-refractivity contribution >= 4 is 17.4 Å². The van der Waals surface area contributed by atoms with Crippen LogP contribution in [-0.4, -0.2) is 5.78 Å². The zero-order valence-corrected chi connectivity index (χ0v) is 10.7. The molecule has 0 unspecified atom stereocenters. The maximum absolute atomic E-state index is 12.5. The lowest BCUT2D eigenvalue weighted by Crippen LogP contribution is -2.20. The topological polar surface area (TPSA) is 17.1 Å². The smallest absolute Gasteiger partial charge is 0.170 e. The van der Waals surface area contributed by atoms with E-state index in [9.17, 15) is 4.79 Å². The highest BCUT2D eigenvalue weighted by molar-refractivity contribution is 6.31. The molecule has 2 aromatic carbocycles. The predicted molar refractivity (Wildman–Crippen MR) is 73.3 cm³/mol. The van der Waals surface area contributed by atoms with Crippen molar-refractivity contribution in [2.75, 3.05) is 0 Å². The summed E-state index contributed by atoms with van der Waals surface area (Å²) < 4.78 is 0. The molecule has 1 atom stereocenters. The van der Waals surface area contributed by atoms with Gasteiger partial charge in [0.15, 0.2) is 5.78 Å². The minimum atomic E-state index is -0.0165. The van der Waals surface area contributed by atoms with E-state index in [2.05, 4.69) is 0 Å². The van der Waals surface area contributed by atoms with Gasteiger partial charge < -0.3 is 0 Å². The van der Waals surface area contributed by atoms with Crippen molar-refractivity contribution in [3.05, 3.63) is 70.2 Å². The third kappa shape index (κ3) is 1.95. The van der Waals surface area contributed by atoms with Crippen molar-refractivity contribution in [3.8, 4) is 0 Å². The number of Topliss-reactive ketones (excluding diaryl/α,β-unsaturated/α-hetero) is 1. The first-order valence-electron chi connectivity index (χ1n) is 6.13. The summed E-state index contributed by atoms with van der Waals surface area (Å²) in [6.07, 6.45) is 1.83. The highest BCUT2D eigenvalue weighted by Gasteiger charge is 2.28. The van der Waals surface area contributed by atoms with Crippen molar-refractivity contribution in [3.63, 3.8) is 0 Å². The zero-order valence-electron chi connectivity index (χ0n) is 9.90. The molecule has 1 aliphatic carbocycles. The fraction of sp³-hybridized carbons (Fsp3) is 0.188. The summed E-state index contributed by atoms with van der Waals surface area (Å²) in [5, 5.41) is 0.635. The van der Waals surface area contributed by atoms with Crippen LogP contribution in [0.25, 0.3) is 0 Å². The molecule has 1 nitrogen and oxygen atoms in total. The molecule has 0 spiro atoms. The molecular weight excluding hydrogens is 244 g/mol. The maximum atomic E-state index is 12.5. The highest BCUT2D eigenvalue weighted by atomic mass is 35.5. The van der Waals surface area contributed by atoms with E-state index in [0.717, 1.165) is 29.5 Å². The summed E-state index contributed by atoms with van der Waals surface area (Å²) in [7, 11) is 0. The Kier molecular flexibility index (Phi) is 2.92. The Balaban J connectivity index is 2.02. The Morgan fingerprint density at radius 1 is 1.06 bits per heavy atom. The number of carbonyl (C=O) groups excluding carboxylic acids is 1. The van der Waals surface area contributed by atoms with Crippen molar-refractivity contribution in [1.29, 1.82) is 0 Å². The number of halogens is 1. The van der Waals surface area contributed by atoms with Gasteiger partial charge in [-0.15, -0.1) is 0 Å². The quantitative estimate of drug-likeness (QED) is 0.745. The van der Waals surface area contributed by atoms with Gasteiger partial charge in [-0.25, -0.2) is 0 Å².